The number of rotatable bonds is 1. The number of hydrogen-bond donors (Lipinski definition) is 0. The molecular weight excluding hydrogens is 196 g/mol. The van der Waals surface area contributed by atoms with Gasteiger partial charge in [0.25, 0.3) is 0 Å². The van der Waals surface area contributed by atoms with Gasteiger partial charge in [-0.3, -0.25) is 4.79 Å². The van der Waals surface area contributed by atoms with E-state index in [0.717, 1.165) is 6.42 Å². The molecule has 1 aliphatic carbocycles. The first-order valence-electron chi connectivity index (χ1n) is 6.07. The quantitative estimate of drug-likeness (QED) is 0.644. The minimum absolute atomic E-state index is 0.170. The van der Waals surface area contributed by atoms with Crippen molar-refractivity contribution in [1.82, 2.24) is 0 Å². The highest BCUT2D eigenvalue weighted by Gasteiger charge is 2.34. The summed E-state index contributed by atoms with van der Waals surface area (Å²) in [7, 11) is 0. The van der Waals surface area contributed by atoms with Gasteiger partial charge in [-0.1, -0.05) is 38.5 Å². The molecule has 1 aliphatic rings. The molecule has 0 aliphatic heterocycles. The van der Waals surface area contributed by atoms with Gasteiger partial charge in [-0.25, -0.2) is 0 Å². The molecule has 0 saturated carbocycles. The third-order valence-corrected chi connectivity index (χ3v) is 3.31. The number of ketones is 1. The summed E-state index contributed by atoms with van der Waals surface area (Å²) in [5, 5.41) is 0. The van der Waals surface area contributed by atoms with Crippen molar-refractivity contribution in [1.29, 1.82) is 0 Å². The molecule has 0 aromatic heterocycles. The second kappa shape index (κ2) is 4.20. The molecule has 0 radical (unpaired) electrons. The van der Waals surface area contributed by atoms with Crippen molar-refractivity contribution in [2.24, 2.45) is 10.8 Å². The maximum atomic E-state index is 11.9. The van der Waals surface area contributed by atoms with Gasteiger partial charge in [0.2, 0.25) is 0 Å². The molecule has 16 heavy (non-hydrogen) atoms. The molecular formula is C15H24O. The summed E-state index contributed by atoms with van der Waals surface area (Å²) in [6, 6.07) is 0. The topological polar surface area (TPSA) is 17.1 Å². The molecule has 0 fully saturated rings. The maximum absolute atomic E-state index is 11.9. The summed E-state index contributed by atoms with van der Waals surface area (Å²) in [5.74, 6) is 0.367. The van der Waals surface area contributed by atoms with Crippen LogP contribution in [0.4, 0.5) is 0 Å². The summed E-state index contributed by atoms with van der Waals surface area (Å²) >= 11 is 0. The minimum atomic E-state index is -0.302. The fourth-order valence-electron chi connectivity index (χ4n) is 2.12. The van der Waals surface area contributed by atoms with Crippen molar-refractivity contribution in [2.45, 2.75) is 54.4 Å². The maximum Gasteiger partial charge on any atom is 0.143 e. The molecule has 1 rings (SSSR count). The van der Waals surface area contributed by atoms with E-state index in [9.17, 15) is 4.79 Å². The van der Waals surface area contributed by atoms with Gasteiger partial charge in [0, 0.05) is 11.8 Å². The molecule has 0 spiro atoms. The zero-order chi connectivity index (χ0) is 12.6. The predicted octanol–water partition coefficient (Wildman–Crippen LogP) is 4.29. The van der Waals surface area contributed by atoms with E-state index in [2.05, 4.69) is 39.8 Å². The van der Waals surface area contributed by atoms with Crippen molar-refractivity contribution in [3.63, 3.8) is 0 Å². The summed E-state index contributed by atoms with van der Waals surface area (Å²) in [5.41, 5.74) is 2.46. The molecule has 0 atom stereocenters. The van der Waals surface area contributed by atoms with Gasteiger partial charge in [-0.2, -0.15) is 0 Å². The van der Waals surface area contributed by atoms with Gasteiger partial charge < -0.3 is 0 Å². The molecule has 0 heterocycles. The van der Waals surface area contributed by atoms with Crippen LogP contribution in [0.2, 0.25) is 0 Å². The lowest BCUT2D eigenvalue weighted by Gasteiger charge is -2.31. The van der Waals surface area contributed by atoms with Crippen LogP contribution >= 0.6 is 0 Å². The van der Waals surface area contributed by atoms with Gasteiger partial charge in [0.05, 0.1) is 0 Å². The second-order valence-electron chi connectivity index (χ2n) is 6.44. The van der Waals surface area contributed by atoms with Crippen LogP contribution in [0.15, 0.2) is 23.3 Å². The Hall–Kier alpha value is -0.850. The first-order valence-corrected chi connectivity index (χ1v) is 6.07. The van der Waals surface area contributed by atoms with Crippen molar-refractivity contribution in [3.8, 4) is 0 Å². The third kappa shape index (κ3) is 2.84. The lowest BCUT2D eigenvalue weighted by Crippen LogP contribution is -2.30. The SMILES string of the molecule is CC1=C(/C=C/C(C)(C)C)C(C)(C)C(=O)CC1. The number of hydrogen-bond acceptors (Lipinski definition) is 1. The van der Waals surface area contributed by atoms with Gasteiger partial charge in [-0.05, 0) is 38.2 Å². The highest BCUT2D eigenvalue weighted by atomic mass is 16.1. The number of Topliss-reactive ketones (excluding diaryl/α,β-unsaturated/α-hetero) is 1. The summed E-state index contributed by atoms with van der Waals surface area (Å²) in [6.45, 7) is 12.8. The molecule has 90 valence electrons. The molecule has 0 N–H and O–H groups in total. The van der Waals surface area contributed by atoms with E-state index in [4.69, 9.17) is 0 Å². The largest absolute Gasteiger partial charge is 0.299 e. The average molecular weight is 220 g/mol. The standard InChI is InChI=1S/C15H24O/c1-11-7-8-13(16)15(5,6)12(11)9-10-14(2,3)4/h9-10H,7-8H2,1-6H3/b10-9+. The van der Waals surface area contributed by atoms with Crippen molar-refractivity contribution < 1.29 is 4.79 Å². The fourth-order valence-corrected chi connectivity index (χ4v) is 2.12. The van der Waals surface area contributed by atoms with Crippen molar-refractivity contribution in [3.05, 3.63) is 23.3 Å². The zero-order valence-corrected chi connectivity index (χ0v) is 11.5. The van der Waals surface area contributed by atoms with E-state index in [-0.39, 0.29) is 10.8 Å². The Morgan fingerprint density at radius 2 is 1.75 bits per heavy atom. The van der Waals surface area contributed by atoms with Crippen LogP contribution in [0.1, 0.15) is 54.4 Å². The highest BCUT2D eigenvalue weighted by Crippen LogP contribution is 2.38. The number of carbonyl (C=O) groups excluding carboxylic acids is 1. The normalized spacial score (nSPS) is 22.0. The highest BCUT2D eigenvalue weighted by molar-refractivity contribution is 5.89. The predicted molar refractivity (Wildman–Crippen MR) is 69.3 cm³/mol. The Labute approximate surface area is 99.6 Å². The average Bonchev–Trinajstić information content (AvgIpc) is 2.09. The Morgan fingerprint density at radius 3 is 2.25 bits per heavy atom. The van der Waals surface area contributed by atoms with Gasteiger partial charge in [0.15, 0.2) is 0 Å². The van der Waals surface area contributed by atoms with E-state index in [1.807, 2.05) is 13.8 Å². The van der Waals surface area contributed by atoms with Crippen LogP contribution in [0, 0.1) is 10.8 Å². The summed E-state index contributed by atoms with van der Waals surface area (Å²) in [6.07, 6.45) is 5.98. The Balaban J connectivity index is 3.09. The van der Waals surface area contributed by atoms with Gasteiger partial charge in [-0.15, -0.1) is 0 Å². The Bertz CT molecular complexity index is 348. The molecule has 1 nitrogen and oxygen atoms in total. The van der Waals surface area contributed by atoms with Crippen molar-refractivity contribution in [2.75, 3.05) is 0 Å². The summed E-state index contributed by atoms with van der Waals surface area (Å²) < 4.78 is 0. The van der Waals surface area contributed by atoms with Crippen LogP contribution in [0.5, 0.6) is 0 Å². The molecule has 0 bridgehead atoms. The molecule has 0 amide bonds. The zero-order valence-electron chi connectivity index (χ0n) is 11.5. The lowest BCUT2D eigenvalue weighted by molar-refractivity contribution is -0.125. The van der Waals surface area contributed by atoms with E-state index >= 15 is 0 Å². The second-order valence-corrected chi connectivity index (χ2v) is 6.44. The Morgan fingerprint density at radius 1 is 1.19 bits per heavy atom. The summed E-state index contributed by atoms with van der Waals surface area (Å²) in [4.78, 5) is 11.9. The van der Waals surface area contributed by atoms with Crippen LogP contribution in [-0.4, -0.2) is 5.78 Å². The van der Waals surface area contributed by atoms with E-state index in [1.165, 1.54) is 11.1 Å². The monoisotopic (exact) mass is 220 g/mol. The minimum Gasteiger partial charge on any atom is -0.299 e. The number of allylic oxidation sites excluding steroid dienone is 4. The third-order valence-electron chi connectivity index (χ3n) is 3.31. The van der Waals surface area contributed by atoms with Crippen molar-refractivity contribution >= 4 is 5.78 Å². The molecule has 0 unspecified atom stereocenters. The van der Waals surface area contributed by atoms with E-state index < -0.39 is 0 Å². The number of carbonyl (C=O) groups is 1. The molecule has 0 saturated heterocycles. The first-order chi connectivity index (χ1) is 7.14. The molecule has 1 heteroatoms. The van der Waals surface area contributed by atoms with E-state index in [1.54, 1.807) is 0 Å². The van der Waals surface area contributed by atoms with Crippen LogP contribution in [0.25, 0.3) is 0 Å². The fraction of sp³-hybridized carbons (Fsp3) is 0.667. The van der Waals surface area contributed by atoms with Crippen LogP contribution in [-0.2, 0) is 4.79 Å². The van der Waals surface area contributed by atoms with Gasteiger partial charge in [0.1, 0.15) is 5.78 Å². The van der Waals surface area contributed by atoms with Gasteiger partial charge >= 0.3 is 0 Å². The smallest absolute Gasteiger partial charge is 0.143 e. The molecule has 0 aromatic carbocycles. The molecule has 0 aromatic rings. The lowest BCUT2D eigenvalue weighted by atomic mass is 9.71. The van der Waals surface area contributed by atoms with Crippen LogP contribution < -0.4 is 0 Å². The van der Waals surface area contributed by atoms with Crippen LogP contribution in [0.3, 0.4) is 0 Å². The first kappa shape index (κ1) is 13.2. The van der Waals surface area contributed by atoms with E-state index in [0.29, 0.717) is 12.2 Å². The Kier molecular flexibility index (Phi) is 3.47.